The Morgan fingerprint density at radius 2 is 1.81 bits per heavy atom. The third-order valence-corrected chi connectivity index (χ3v) is 6.56. The molecule has 4 aromatic rings. The highest BCUT2D eigenvalue weighted by atomic mass is 32.2. The second-order valence-electron chi connectivity index (χ2n) is 7.15. The monoisotopic (exact) mass is 430 g/mol. The molecule has 1 N–H and O–H groups in total. The lowest BCUT2D eigenvalue weighted by Gasteiger charge is -2.18. The van der Waals surface area contributed by atoms with Gasteiger partial charge in [0.05, 0.1) is 27.9 Å². The summed E-state index contributed by atoms with van der Waals surface area (Å²) in [4.78, 5) is 12.5. The SMILES string of the molecule is O=C(O)c1nn(-c2cccc(OCc3ccccc3)c2)c2c1CS(=O)c1ccccc1-2. The number of hydrogen-bond donors (Lipinski definition) is 1. The van der Waals surface area contributed by atoms with Crippen LogP contribution in [-0.4, -0.2) is 25.1 Å². The van der Waals surface area contributed by atoms with Crippen LogP contribution >= 0.6 is 0 Å². The molecule has 0 radical (unpaired) electrons. The van der Waals surface area contributed by atoms with E-state index in [4.69, 9.17) is 4.74 Å². The maximum Gasteiger partial charge on any atom is 0.356 e. The number of fused-ring (bicyclic) bond motifs is 3. The highest BCUT2D eigenvalue weighted by molar-refractivity contribution is 7.84. The zero-order valence-electron chi connectivity index (χ0n) is 16.4. The first kappa shape index (κ1) is 19.3. The van der Waals surface area contributed by atoms with Crippen LogP contribution in [0.15, 0.2) is 83.8 Å². The predicted molar refractivity (Wildman–Crippen MR) is 117 cm³/mol. The molecule has 3 aromatic carbocycles. The van der Waals surface area contributed by atoms with Crippen LogP contribution in [0, 0.1) is 0 Å². The Balaban J connectivity index is 1.58. The summed E-state index contributed by atoms with van der Waals surface area (Å²) in [6.07, 6.45) is 0. The van der Waals surface area contributed by atoms with Crippen LogP contribution in [0.25, 0.3) is 16.9 Å². The molecule has 1 aliphatic rings. The van der Waals surface area contributed by atoms with E-state index in [1.807, 2.05) is 78.9 Å². The largest absolute Gasteiger partial charge is 0.489 e. The average molecular weight is 430 g/mol. The van der Waals surface area contributed by atoms with Crippen molar-refractivity contribution >= 4 is 16.8 Å². The summed E-state index contributed by atoms with van der Waals surface area (Å²) in [5.41, 5.74) is 3.53. The molecule has 5 rings (SSSR count). The molecular formula is C24H18N2O4S. The number of carboxylic acid groups (broad SMARTS) is 1. The summed E-state index contributed by atoms with van der Waals surface area (Å²) in [6, 6.07) is 24.6. The van der Waals surface area contributed by atoms with Crippen molar-refractivity contribution in [1.82, 2.24) is 9.78 Å². The van der Waals surface area contributed by atoms with Gasteiger partial charge in [0.25, 0.3) is 0 Å². The van der Waals surface area contributed by atoms with Crippen molar-refractivity contribution in [3.63, 3.8) is 0 Å². The van der Waals surface area contributed by atoms with E-state index in [1.165, 1.54) is 0 Å². The highest BCUT2D eigenvalue weighted by Crippen LogP contribution is 2.39. The molecule has 31 heavy (non-hydrogen) atoms. The lowest BCUT2D eigenvalue weighted by Crippen LogP contribution is -2.10. The van der Waals surface area contributed by atoms with Gasteiger partial charge in [0.2, 0.25) is 0 Å². The Morgan fingerprint density at radius 1 is 1.03 bits per heavy atom. The number of nitrogens with zero attached hydrogens (tertiary/aromatic N) is 2. The Hall–Kier alpha value is -3.71. The minimum Gasteiger partial charge on any atom is -0.489 e. The van der Waals surface area contributed by atoms with Crippen LogP contribution in [0.4, 0.5) is 0 Å². The Bertz CT molecular complexity index is 1310. The van der Waals surface area contributed by atoms with Gasteiger partial charge >= 0.3 is 5.97 Å². The van der Waals surface area contributed by atoms with Gasteiger partial charge in [0, 0.05) is 22.1 Å². The highest BCUT2D eigenvalue weighted by Gasteiger charge is 2.31. The minimum atomic E-state index is -1.32. The van der Waals surface area contributed by atoms with E-state index in [-0.39, 0.29) is 11.4 Å². The van der Waals surface area contributed by atoms with E-state index in [9.17, 15) is 14.1 Å². The lowest BCUT2D eigenvalue weighted by molar-refractivity contribution is 0.0689. The van der Waals surface area contributed by atoms with E-state index in [0.29, 0.717) is 34.2 Å². The van der Waals surface area contributed by atoms with Gasteiger partial charge in [-0.05, 0) is 23.8 Å². The van der Waals surface area contributed by atoms with Gasteiger partial charge < -0.3 is 9.84 Å². The van der Waals surface area contributed by atoms with Crippen molar-refractivity contribution in [2.45, 2.75) is 17.3 Å². The molecule has 6 nitrogen and oxygen atoms in total. The maximum absolute atomic E-state index is 12.7. The molecular weight excluding hydrogens is 412 g/mol. The number of benzene rings is 3. The molecule has 154 valence electrons. The molecule has 0 fully saturated rings. The van der Waals surface area contributed by atoms with Crippen molar-refractivity contribution in [3.05, 3.63) is 95.7 Å². The van der Waals surface area contributed by atoms with Crippen LogP contribution in [0.3, 0.4) is 0 Å². The van der Waals surface area contributed by atoms with Crippen LogP contribution in [0.5, 0.6) is 5.75 Å². The maximum atomic E-state index is 12.7. The minimum absolute atomic E-state index is 0.0755. The molecule has 1 unspecified atom stereocenters. The molecule has 0 spiro atoms. The average Bonchev–Trinajstić information content (AvgIpc) is 3.19. The number of aromatic carboxylic acids is 1. The van der Waals surface area contributed by atoms with E-state index >= 15 is 0 Å². The first-order valence-electron chi connectivity index (χ1n) is 9.72. The molecule has 1 aliphatic heterocycles. The van der Waals surface area contributed by atoms with Crippen molar-refractivity contribution < 1.29 is 18.8 Å². The van der Waals surface area contributed by atoms with Gasteiger partial charge in [0.1, 0.15) is 12.4 Å². The van der Waals surface area contributed by atoms with E-state index in [1.54, 1.807) is 4.68 Å². The quantitative estimate of drug-likeness (QED) is 0.506. The van der Waals surface area contributed by atoms with Gasteiger partial charge in [-0.2, -0.15) is 5.10 Å². The topological polar surface area (TPSA) is 81.4 Å². The van der Waals surface area contributed by atoms with Gasteiger partial charge in [0.15, 0.2) is 5.69 Å². The van der Waals surface area contributed by atoms with E-state index < -0.39 is 16.8 Å². The molecule has 7 heteroatoms. The smallest absolute Gasteiger partial charge is 0.356 e. The third-order valence-electron chi connectivity index (χ3n) is 5.16. The van der Waals surface area contributed by atoms with Crippen LogP contribution in [0.2, 0.25) is 0 Å². The fraction of sp³-hybridized carbons (Fsp3) is 0.0833. The summed E-state index contributed by atoms with van der Waals surface area (Å²) in [7, 11) is -1.32. The fourth-order valence-electron chi connectivity index (χ4n) is 3.74. The summed E-state index contributed by atoms with van der Waals surface area (Å²) < 4.78 is 20.3. The van der Waals surface area contributed by atoms with Gasteiger partial charge in [-0.25, -0.2) is 9.48 Å². The van der Waals surface area contributed by atoms with Crippen LogP contribution < -0.4 is 4.74 Å². The van der Waals surface area contributed by atoms with E-state index in [0.717, 1.165) is 11.1 Å². The zero-order valence-corrected chi connectivity index (χ0v) is 17.2. The summed E-state index contributed by atoms with van der Waals surface area (Å²) in [6.45, 7) is 0.420. The molecule has 1 aromatic heterocycles. The number of carbonyl (C=O) groups is 1. The van der Waals surface area contributed by atoms with Gasteiger partial charge in [-0.15, -0.1) is 0 Å². The van der Waals surface area contributed by atoms with Crippen LogP contribution in [0.1, 0.15) is 21.6 Å². The van der Waals surface area contributed by atoms with Crippen molar-refractivity contribution in [2.75, 3.05) is 0 Å². The number of ether oxygens (including phenoxy) is 1. The fourth-order valence-corrected chi connectivity index (χ4v) is 5.07. The lowest BCUT2D eigenvalue weighted by atomic mass is 10.1. The molecule has 0 aliphatic carbocycles. The summed E-state index contributed by atoms with van der Waals surface area (Å²) in [5, 5.41) is 14.1. The second kappa shape index (κ2) is 7.85. The molecule has 0 saturated heterocycles. The van der Waals surface area contributed by atoms with Crippen molar-refractivity contribution in [2.24, 2.45) is 0 Å². The molecule has 2 heterocycles. The summed E-state index contributed by atoms with van der Waals surface area (Å²) in [5.74, 6) is -0.365. The Labute approximate surface area is 181 Å². The van der Waals surface area contributed by atoms with E-state index in [2.05, 4.69) is 5.10 Å². The summed E-state index contributed by atoms with van der Waals surface area (Å²) >= 11 is 0. The van der Waals surface area contributed by atoms with Gasteiger partial charge in [-0.1, -0.05) is 54.6 Å². The third kappa shape index (κ3) is 3.53. The normalized spacial score (nSPS) is 14.5. The van der Waals surface area contributed by atoms with Gasteiger partial charge in [-0.3, -0.25) is 4.21 Å². The first-order valence-corrected chi connectivity index (χ1v) is 11.0. The molecule has 1 atom stereocenters. The predicted octanol–water partition coefficient (Wildman–Crippen LogP) is 4.44. The van der Waals surface area contributed by atoms with Crippen molar-refractivity contribution in [3.8, 4) is 22.7 Å². The number of hydrogen-bond acceptors (Lipinski definition) is 4. The Morgan fingerprint density at radius 3 is 2.61 bits per heavy atom. The second-order valence-corrected chi connectivity index (χ2v) is 8.57. The van der Waals surface area contributed by atoms with Crippen LogP contribution in [-0.2, 0) is 23.2 Å². The standard InChI is InChI=1S/C24H18N2O4S/c27-24(28)22-20-15-31(29)21-12-5-4-11-19(21)23(20)26(25-22)17-9-6-10-18(13-17)30-14-16-7-2-1-3-8-16/h1-13H,14-15H2,(H,27,28). The zero-order chi connectivity index (χ0) is 21.4. The molecule has 0 saturated carbocycles. The number of carboxylic acids is 1. The van der Waals surface area contributed by atoms with Crippen molar-refractivity contribution in [1.29, 1.82) is 0 Å². The number of rotatable bonds is 5. The molecule has 0 amide bonds. The molecule has 0 bridgehead atoms. The Kier molecular flexibility index (Phi) is 4.88. The number of aromatic nitrogens is 2. The first-order chi connectivity index (χ1) is 15.1.